The van der Waals surface area contributed by atoms with Crippen LogP contribution >= 0.6 is 0 Å². The predicted octanol–water partition coefficient (Wildman–Crippen LogP) is -0.344. The number of carboxylic acids is 4. The first-order chi connectivity index (χ1) is 22.1. The van der Waals surface area contributed by atoms with Crippen LogP contribution < -0.4 is 69.3 Å². The summed E-state index contributed by atoms with van der Waals surface area (Å²) in [7, 11) is 0. The molecule has 0 aromatic rings. The zero-order valence-corrected chi connectivity index (χ0v) is 35.5. The molecule has 48 heavy (non-hydrogen) atoms. The number of aliphatic carboxylic acids is 4. The van der Waals surface area contributed by atoms with Gasteiger partial charge >= 0.3 is 71.1 Å². The van der Waals surface area contributed by atoms with E-state index in [9.17, 15) is 29.4 Å². The first-order valence-corrected chi connectivity index (χ1v) is 18.4. The minimum atomic E-state index is -1.08. The fourth-order valence-corrected chi connectivity index (χ4v) is 5.32. The maximum Gasteiger partial charge on any atom is 1.00 e. The monoisotopic (exact) mass is 702 g/mol. The number of carbonyl (C=O) groups excluding carboxylic acids is 2. The van der Waals surface area contributed by atoms with Crippen LogP contribution in [0.3, 0.4) is 0 Å². The SMILES string of the molecule is CCCCCCCCCCCCN(CCC(=O)[O-])CCC(=O)O.CCCCCCCCCCCCN(CCC(=O)[O-])CCC(=O)O.[Na+].[Na+]. The molecule has 0 atom stereocenters. The summed E-state index contributed by atoms with van der Waals surface area (Å²) in [5.74, 6) is -3.83. The van der Waals surface area contributed by atoms with Crippen molar-refractivity contribution in [1.82, 2.24) is 9.80 Å². The number of carboxylic acid groups (broad SMARTS) is 4. The second-order valence-electron chi connectivity index (χ2n) is 12.6. The molecule has 0 unspecified atom stereocenters. The van der Waals surface area contributed by atoms with Gasteiger partial charge in [-0.3, -0.25) is 9.59 Å². The van der Waals surface area contributed by atoms with Crippen molar-refractivity contribution in [3.05, 3.63) is 0 Å². The Bertz CT molecular complexity index is 651. The Morgan fingerprint density at radius 3 is 0.854 bits per heavy atom. The van der Waals surface area contributed by atoms with Crippen LogP contribution in [-0.4, -0.2) is 83.2 Å². The van der Waals surface area contributed by atoms with Crippen molar-refractivity contribution >= 4 is 23.9 Å². The van der Waals surface area contributed by atoms with Crippen LogP contribution in [0.2, 0.25) is 0 Å². The third-order valence-electron chi connectivity index (χ3n) is 8.20. The van der Waals surface area contributed by atoms with Crippen LogP contribution in [0.25, 0.3) is 0 Å². The van der Waals surface area contributed by atoms with Gasteiger partial charge in [0.25, 0.3) is 0 Å². The standard InChI is InChI=1S/2C18H35NO4.2Na/c2*1-2-3-4-5-6-7-8-9-10-11-14-19(15-12-17(20)21)16-13-18(22)23;;/h2*2-16H2,1H3,(H,20,21)(H,22,23);;/q;;2*+1/p-2. The first-order valence-electron chi connectivity index (χ1n) is 18.4. The summed E-state index contributed by atoms with van der Waals surface area (Å²) in [5.41, 5.74) is 0. The van der Waals surface area contributed by atoms with E-state index >= 15 is 0 Å². The topological polar surface area (TPSA) is 161 Å². The van der Waals surface area contributed by atoms with E-state index in [1.807, 2.05) is 9.80 Å². The summed E-state index contributed by atoms with van der Waals surface area (Å²) < 4.78 is 0. The average Bonchev–Trinajstić information content (AvgIpc) is 3.00. The van der Waals surface area contributed by atoms with Gasteiger partial charge in [-0.05, 0) is 38.8 Å². The second-order valence-corrected chi connectivity index (χ2v) is 12.6. The number of rotatable bonds is 34. The fourth-order valence-electron chi connectivity index (χ4n) is 5.32. The van der Waals surface area contributed by atoms with Crippen LogP contribution in [0.5, 0.6) is 0 Å². The zero-order chi connectivity index (χ0) is 34.7. The molecule has 0 heterocycles. The van der Waals surface area contributed by atoms with Gasteiger partial charge in [0.15, 0.2) is 0 Å². The van der Waals surface area contributed by atoms with Crippen molar-refractivity contribution in [2.75, 3.05) is 39.3 Å². The number of hydrogen-bond acceptors (Lipinski definition) is 8. The first kappa shape index (κ1) is 54.6. The molecule has 0 spiro atoms. The second kappa shape index (κ2) is 43.0. The summed E-state index contributed by atoms with van der Waals surface area (Å²) in [5, 5.41) is 38.5. The van der Waals surface area contributed by atoms with Gasteiger partial charge in [0.05, 0.1) is 12.8 Å². The van der Waals surface area contributed by atoms with Gasteiger partial charge in [-0.1, -0.05) is 129 Å². The molecule has 0 saturated carbocycles. The van der Waals surface area contributed by atoms with Crippen molar-refractivity contribution < 1.29 is 98.7 Å². The summed E-state index contributed by atoms with van der Waals surface area (Å²) >= 11 is 0. The van der Waals surface area contributed by atoms with Gasteiger partial charge < -0.3 is 39.8 Å². The average molecular weight is 703 g/mol. The molecule has 0 rings (SSSR count). The fraction of sp³-hybridized carbons (Fsp3) is 0.889. The van der Waals surface area contributed by atoms with Crippen molar-refractivity contribution in [2.45, 2.75) is 168 Å². The number of nitrogens with zero attached hydrogens (tertiary/aromatic N) is 2. The number of carbonyl (C=O) groups is 4. The molecule has 0 fully saturated rings. The molecule has 0 amide bonds. The Balaban J connectivity index is -0.000000387. The molecule has 0 aliphatic heterocycles. The molecule has 0 bridgehead atoms. The predicted molar refractivity (Wildman–Crippen MR) is 180 cm³/mol. The molecule has 2 N–H and O–H groups in total. The molecule has 12 heteroatoms. The van der Waals surface area contributed by atoms with Gasteiger partial charge in [0.2, 0.25) is 0 Å². The third-order valence-corrected chi connectivity index (χ3v) is 8.20. The summed E-state index contributed by atoms with van der Waals surface area (Å²) in [6.07, 6.45) is 25.2. The number of unbranched alkanes of at least 4 members (excludes halogenated alkanes) is 18. The summed E-state index contributed by atoms with van der Waals surface area (Å²) in [4.78, 5) is 46.2. The molecular weight excluding hydrogens is 634 g/mol. The van der Waals surface area contributed by atoms with E-state index in [1.54, 1.807) is 0 Å². The molecule has 272 valence electrons. The van der Waals surface area contributed by atoms with Crippen molar-refractivity contribution in [3.8, 4) is 0 Å². The molecular formula is C36H68N2Na2O8. The summed E-state index contributed by atoms with van der Waals surface area (Å²) in [6.45, 7) is 7.60. The third kappa shape index (κ3) is 47.9. The quantitative estimate of drug-likeness (QED) is 0.0671. The molecule has 0 aromatic carbocycles. The van der Waals surface area contributed by atoms with Gasteiger partial charge in [0, 0.05) is 38.1 Å². The van der Waals surface area contributed by atoms with E-state index in [4.69, 9.17) is 10.2 Å². The van der Waals surface area contributed by atoms with Crippen LogP contribution in [0.4, 0.5) is 0 Å². The summed E-state index contributed by atoms with van der Waals surface area (Å²) in [6, 6.07) is 0. The minimum absolute atomic E-state index is 0. The van der Waals surface area contributed by atoms with Gasteiger partial charge in [-0.15, -0.1) is 0 Å². The minimum Gasteiger partial charge on any atom is -0.550 e. The van der Waals surface area contributed by atoms with Crippen LogP contribution in [0.15, 0.2) is 0 Å². The van der Waals surface area contributed by atoms with E-state index in [-0.39, 0.29) is 84.8 Å². The molecule has 0 radical (unpaired) electrons. The van der Waals surface area contributed by atoms with Crippen LogP contribution in [0.1, 0.15) is 168 Å². The van der Waals surface area contributed by atoms with Crippen molar-refractivity contribution in [3.63, 3.8) is 0 Å². The van der Waals surface area contributed by atoms with Crippen molar-refractivity contribution in [2.24, 2.45) is 0 Å². The maximum atomic E-state index is 10.6. The van der Waals surface area contributed by atoms with E-state index < -0.39 is 23.9 Å². The van der Waals surface area contributed by atoms with Crippen LogP contribution in [-0.2, 0) is 19.2 Å². The largest absolute Gasteiger partial charge is 1.00 e. The van der Waals surface area contributed by atoms with Crippen LogP contribution in [0, 0.1) is 0 Å². The molecule has 0 aliphatic rings. The van der Waals surface area contributed by atoms with Gasteiger partial charge in [-0.2, -0.15) is 0 Å². The molecule has 0 aliphatic carbocycles. The molecule has 0 saturated heterocycles. The van der Waals surface area contributed by atoms with E-state index in [2.05, 4.69) is 13.8 Å². The molecule has 0 aromatic heterocycles. The zero-order valence-electron chi connectivity index (χ0n) is 31.5. The Morgan fingerprint density at radius 2 is 0.625 bits per heavy atom. The Morgan fingerprint density at radius 1 is 0.396 bits per heavy atom. The molecule has 10 nitrogen and oxygen atoms in total. The maximum absolute atomic E-state index is 10.6. The number of hydrogen-bond donors (Lipinski definition) is 2. The van der Waals surface area contributed by atoms with E-state index in [0.717, 1.165) is 38.8 Å². The van der Waals surface area contributed by atoms with Crippen molar-refractivity contribution in [1.29, 1.82) is 0 Å². The van der Waals surface area contributed by atoms with E-state index in [0.29, 0.717) is 26.2 Å². The smallest absolute Gasteiger partial charge is 0.550 e. The normalized spacial score (nSPS) is 10.6. The van der Waals surface area contributed by atoms with Gasteiger partial charge in [-0.25, -0.2) is 0 Å². The van der Waals surface area contributed by atoms with Gasteiger partial charge in [0.1, 0.15) is 0 Å². The Hall–Kier alpha value is -0.200. The van der Waals surface area contributed by atoms with E-state index in [1.165, 1.54) is 103 Å². The Labute approximate surface area is 337 Å². The Kier molecular flexibility index (Phi) is 48.8.